The Labute approximate surface area is 264 Å². The fourth-order valence-electron chi connectivity index (χ4n) is 8.85. The molecule has 2 aromatic carbocycles. The third-order valence-electron chi connectivity index (χ3n) is 10.8. The fraction of sp³-hybridized carbons (Fsp3) is 0.200. The molecule has 0 fully saturated rings. The molecular weight excluding hydrogens is 573 g/mol. The fourth-order valence-corrected chi connectivity index (χ4v) is 11.5. The van der Waals surface area contributed by atoms with E-state index in [1.165, 1.54) is 89.0 Å². The highest BCUT2D eigenvalue weighted by molar-refractivity contribution is 7.24. The molecule has 13 rings (SSSR count). The van der Waals surface area contributed by atoms with Gasteiger partial charge in [-0.15, -0.1) is 22.7 Å². The number of hydrogen-bond donors (Lipinski definition) is 0. The molecule has 0 saturated carbocycles. The maximum atomic E-state index is 5.40. The van der Waals surface area contributed by atoms with Crippen molar-refractivity contribution in [2.45, 2.75) is 49.4 Å². The standard InChI is InChI=1S/C40H28N2S2/c1-2-6-26-25(5-1)29-17-33-37-21-9-11-23(12-10-21)39(37)35(43-33)19-31-27-7-3-4-8-28(27)32(42-31)20-36-40-24-15-13-22(14-16-24)38(40)34(44-36)18-30(26)41-29/h1-9,11,13,15,17-24H,10,12,14,16H2/t21-,22+,23+,24-. The lowest BCUT2D eigenvalue weighted by molar-refractivity contribution is 0.562. The number of allylic oxidation sites excluding steroid dienone is 4. The monoisotopic (exact) mass is 600 g/mol. The van der Waals surface area contributed by atoms with E-state index in [9.17, 15) is 0 Å². The van der Waals surface area contributed by atoms with Crippen molar-refractivity contribution in [2.75, 3.05) is 0 Å². The molecule has 4 heteroatoms. The Hall–Kier alpha value is -4.12. The van der Waals surface area contributed by atoms with E-state index in [0.29, 0.717) is 23.7 Å². The first-order valence-corrected chi connectivity index (χ1v) is 17.6. The Bertz CT molecular complexity index is 2020. The molecule has 5 heterocycles. The molecule has 0 N–H and O–H groups in total. The molecule has 2 aliphatic heterocycles. The zero-order valence-corrected chi connectivity index (χ0v) is 25.7. The second-order valence-corrected chi connectivity index (χ2v) is 15.3. The smallest absolute Gasteiger partial charge is 0.0730 e. The lowest BCUT2D eigenvalue weighted by Crippen LogP contribution is -2.15. The van der Waals surface area contributed by atoms with Crippen molar-refractivity contribution in [2.24, 2.45) is 0 Å². The first-order chi connectivity index (χ1) is 21.8. The van der Waals surface area contributed by atoms with E-state index in [1.807, 2.05) is 22.7 Å². The maximum absolute atomic E-state index is 5.40. The summed E-state index contributed by atoms with van der Waals surface area (Å²) in [5, 5.41) is 0. The molecular formula is C40H28N2S2. The van der Waals surface area contributed by atoms with Crippen LogP contribution in [0, 0.1) is 0 Å². The van der Waals surface area contributed by atoms with Gasteiger partial charge in [0, 0.05) is 64.7 Å². The van der Waals surface area contributed by atoms with Gasteiger partial charge in [0.1, 0.15) is 0 Å². The van der Waals surface area contributed by atoms with E-state index in [-0.39, 0.29) is 0 Å². The highest BCUT2D eigenvalue weighted by atomic mass is 32.1. The molecule has 4 atom stereocenters. The average Bonchev–Trinajstić information content (AvgIpc) is 3.83. The van der Waals surface area contributed by atoms with Crippen molar-refractivity contribution in [1.29, 1.82) is 0 Å². The molecule has 210 valence electrons. The van der Waals surface area contributed by atoms with Crippen LogP contribution in [0.2, 0.25) is 0 Å². The first kappa shape index (κ1) is 24.2. The van der Waals surface area contributed by atoms with Gasteiger partial charge in [0.05, 0.1) is 22.8 Å². The minimum atomic E-state index is 0.487. The van der Waals surface area contributed by atoms with Gasteiger partial charge in [-0.25, -0.2) is 9.97 Å². The number of fused-ring (bicyclic) bond motifs is 16. The number of hydrogen-bond acceptors (Lipinski definition) is 4. The van der Waals surface area contributed by atoms with Crippen molar-refractivity contribution < 1.29 is 0 Å². The Morgan fingerprint density at radius 1 is 0.409 bits per heavy atom. The van der Waals surface area contributed by atoms with Crippen LogP contribution in [0.4, 0.5) is 0 Å². The van der Waals surface area contributed by atoms with Gasteiger partial charge in [0.2, 0.25) is 0 Å². The summed E-state index contributed by atoms with van der Waals surface area (Å²) < 4.78 is 5.47. The summed E-state index contributed by atoms with van der Waals surface area (Å²) in [5.74, 6) is 1.95. The molecule has 44 heavy (non-hydrogen) atoms. The van der Waals surface area contributed by atoms with E-state index in [1.54, 1.807) is 0 Å². The van der Waals surface area contributed by atoms with Crippen molar-refractivity contribution in [3.63, 3.8) is 0 Å². The Kier molecular flexibility index (Phi) is 4.81. The highest BCUT2D eigenvalue weighted by Gasteiger charge is 2.35. The van der Waals surface area contributed by atoms with Crippen LogP contribution >= 0.6 is 22.7 Å². The van der Waals surface area contributed by atoms with E-state index in [4.69, 9.17) is 9.97 Å². The molecule has 12 bridgehead atoms. The molecule has 2 nitrogen and oxygen atoms in total. The molecule has 0 radical (unpaired) electrons. The van der Waals surface area contributed by atoms with E-state index >= 15 is 0 Å². The molecule has 3 aromatic heterocycles. The largest absolute Gasteiger partial charge is 0.248 e. The Balaban J connectivity index is 1.32. The second kappa shape index (κ2) is 8.74. The lowest BCUT2D eigenvalue weighted by atomic mass is 9.72. The molecule has 8 aliphatic rings. The number of rotatable bonds is 0. The van der Waals surface area contributed by atoms with Crippen LogP contribution in [0.5, 0.6) is 0 Å². The lowest BCUT2D eigenvalue weighted by Gasteiger charge is -2.31. The van der Waals surface area contributed by atoms with Gasteiger partial charge >= 0.3 is 0 Å². The van der Waals surface area contributed by atoms with Crippen LogP contribution in [0.15, 0.2) is 97.1 Å². The van der Waals surface area contributed by atoms with E-state index < -0.39 is 0 Å². The van der Waals surface area contributed by atoms with Crippen LogP contribution in [-0.2, 0) is 0 Å². The predicted molar refractivity (Wildman–Crippen MR) is 185 cm³/mol. The molecule has 0 spiro atoms. The Morgan fingerprint density at radius 3 is 0.932 bits per heavy atom. The summed E-state index contributed by atoms with van der Waals surface area (Å²) >= 11 is 3.88. The number of benzene rings is 2. The second-order valence-electron chi connectivity index (χ2n) is 13.1. The number of aromatic nitrogens is 2. The van der Waals surface area contributed by atoms with Gasteiger partial charge in [-0.2, -0.15) is 0 Å². The summed E-state index contributed by atoms with van der Waals surface area (Å²) in [6.45, 7) is 0. The van der Waals surface area contributed by atoms with Crippen LogP contribution in [0.3, 0.4) is 0 Å². The third-order valence-corrected chi connectivity index (χ3v) is 13.0. The summed E-state index contributed by atoms with van der Waals surface area (Å²) in [7, 11) is 0. The summed E-state index contributed by atoms with van der Waals surface area (Å²) in [6, 6.07) is 27.3. The molecule has 0 amide bonds. The van der Waals surface area contributed by atoms with E-state index in [0.717, 1.165) is 22.8 Å². The van der Waals surface area contributed by atoms with E-state index in [2.05, 4.69) is 97.1 Å². The van der Waals surface area contributed by atoms with Crippen molar-refractivity contribution in [3.05, 3.63) is 119 Å². The topological polar surface area (TPSA) is 25.8 Å². The SMILES string of the molecule is C1=C[C@H]2CC[C@@H]1c1c2c2cc3nc(cc4sc(cc5nc(cc1s2)-c1ccccc1-5)c1c4[C@@H]2C=C[C@H]1CC2)-c1ccccc1-3. The van der Waals surface area contributed by atoms with Crippen LogP contribution in [-0.4, -0.2) is 9.97 Å². The zero-order valence-electron chi connectivity index (χ0n) is 24.1. The quantitative estimate of drug-likeness (QED) is 0.162. The van der Waals surface area contributed by atoms with Crippen LogP contribution in [0.1, 0.15) is 71.6 Å². The molecule has 0 saturated heterocycles. The maximum Gasteiger partial charge on any atom is 0.0730 e. The average molecular weight is 601 g/mol. The first-order valence-electron chi connectivity index (χ1n) is 16.0. The summed E-state index contributed by atoms with van der Waals surface area (Å²) in [6.07, 6.45) is 14.8. The summed E-state index contributed by atoms with van der Waals surface area (Å²) in [4.78, 5) is 10.8. The molecule has 6 aliphatic carbocycles. The van der Waals surface area contributed by atoms with Gasteiger partial charge in [0.25, 0.3) is 0 Å². The van der Waals surface area contributed by atoms with Crippen molar-refractivity contribution in [3.8, 4) is 45.0 Å². The van der Waals surface area contributed by atoms with Gasteiger partial charge in [0.15, 0.2) is 0 Å². The van der Waals surface area contributed by atoms with Crippen molar-refractivity contribution >= 4 is 41.5 Å². The Morgan fingerprint density at radius 2 is 0.682 bits per heavy atom. The van der Waals surface area contributed by atoms with Gasteiger partial charge in [-0.1, -0.05) is 72.8 Å². The van der Waals surface area contributed by atoms with Crippen LogP contribution < -0.4 is 0 Å². The van der Waals surface area contributed by atoms with Gasteiger partial charge in [-0.05, 0) is 72.2 Å². The third kappa shape index (κ3) is 3.25. The zero-order chi connectivity index (χ0) is 28.5. The summed E-state index contributed by atoms with van der Waals surface area (Å²) in [5.41, 5.74) is 15.5. The highest BCUT2D eigenvalue weighted by Crippen LogP contribution is 2.54. The minimum Gasteiger partial charge on any atom is -0.248 e. The molecule has 0 unspecified atom stereocenters. The number of thiophene rings is 2. The normalized spacial score (nSPS) is 22.9. The van der Waals surface area contributed by atoms with Crippen LogP contribution in [0.25, 0.3) is 63.8 Å². The van der Waals surface area contributed by atoms with Gasteiger partial charge in [-0.3, -0.25) is 0 Å². The van der Waals surface area contributed by atoms with Crippen molar-refractivity contribution in [1.82, 2.24) is 9.97 Å². The molecule has 5 aromatic rings. The predicted octanol–water partition coefficient (Wildman–Crippen LogP) is 11.5. The number of nitrogens with zero attached hydrogens (tertiary/aromatic N) is 2. The minimum absolute atomic E-state index is 0.487. The van der Waals surface area contributed by atoms with Gasteiger partial charge < -0.3 is 0 Å².